The maximum Gasteiger partial charge on any atom is 0.221 e. The zero-order chi connectivity index (χ0) is 15.0. The Hall–Kier alpha value is -1.00. The Morgan fingerprint density at radius 2 is 1.95 bits per heavy atom. The van der Waals surface area contributed by atoms with Gasteiger partial charge >= 0.3 is 0 Å². The van der Waals surface area contributed by atoms with Gasteiger partial charge in [-0.25, -0.2) is 0 Å². The Labute approximate surface area is 126 Å². The summed E-state index contributed by atoms with van der Waals surface area (Å²) in [6, 6.07) is 9.22. The van der Waals surface area contributed by atoms with E-state index in [4.69, 9.17) is 0 Å². The molecule has 0 heterocycles. The molecule has 0 spiro atoms. The van der Waals surface area contributed by atoms with Gasteiger partial charge in [-0.05, 0) is 31.5 Å². The Morgan fingerprint density at radius 3 is 2.60 bits per heavy atom. The fourth-order valence-electron chi connectivity index (χ4n) is 1.72. The predicted molar refractivity (Wildman–Crippen MR) is 87.0 cm³/mol. The van der Waals surface area contributed by atoms with Crippen LogP contribution in [0.4, 0.5) is 0 Å². The monoisotopic (exact) mass is 294 g/mol. The Bertz CT molecular complexity index is 419. The maximum absolute atomic E-state index is 11.6. The van der Waals surface area contributed by atoms with Crippen LogP contribution in [-0.4, -0.2) is 23.7 Å². The average Bonchev–Trinajstić information content (AvgIpc) is 2.36. The highest BCUT2D eigenvalue weighted by Crippen LogP contribution is 2.20. The first-order valence-corrected chi connectivity index (χ1v) is 8.20. The van der Waals surface area contributed by atoms with Crippen LogP contribution in [0.15, 0.2) is 29.2 Å². The van der Waals surface area contributed by atoms with E-state index in [1.54, 1.807) is 11.8 Å². The molecule has 4 heteroatoms. The smallest absolute Gasteiger partial charge is 0.221 e. The van der Waals surface area contributed by atoms with Crippen molar-refractivity contribution in [2.24, 2.45) is 0 Å². The molecular weight excluding hydrogens is 268 g/mol. The highest BCUT2D eigenvalue weighted by molar-refractivity contribution is 7.99. The summed E-state index contributed by atoms with van der Waals surface area (Å²) in [5.41, 5.74) is 1.29. The molecule has 3 nitrogen and oxygen atoms in total. The van der Waals surface area contributed by atoms with Gasteiger partial charge in [0.05, 0.1) is 0 Å². The van der Waals surface area contributed by atoms with Crippen molar-refractivity contribution in [1.29, 1.82) is 0 Å². The standard InChI is InChI=1S/C16H26N2OS/c1-12(2)17-11-14-6-5-7-15(10-14)20-9-8-16(19)18-13(3)4/h5-7,10,12-13,17H,8-9,11H2,1-4H3,(H,18,19). The van der Waals surface area contributed by atoms with Gasteiger partial charge in [-0.15, -0.1) is 11.8 Å². The van der Waals surface area contributed by atoms with Gasteiger partial charge in [0.15, 0.2) is 0 Å². The van der Waals surface area contributed by atoms with Gasteiger partial charge < -0.3 is 10.6 Å². The molecule has 0 bridgehead atoms. The summed E-state index contributed by atoms with van der Waals surface area (Å²) in [5.74, 6) is 0.949. The van der Waals surface area contributed by atoms with Gasteiger partial charge in [0.25, 0.3) is 0 Å². The van der Waals surface area contributed by atoms with Gasteiger partial charge in [0, 0.05) is 35.7 Å². The van der Waals surface area contributed by atoms with E-state index in [2.05, 4.69) is 48.7 Å². The number of carbonyl (C=O) groups is 1. The van der Waals surface area contributed by atoms with Gasteiger partial charge in [-0.2, -0.15) is 0 Å². The number of nitrogens with one attached hydrogen (secondary N) is 2. The highest BCUT2D eigenvalue weighted by atomic mass is 32.2. The normalized spacial score (nSPS) is 11.1. The van der Waals surface area contributed by atoms with Crippen molar-refractivity contribution >= 4 is 17.7 Å². The van der Waals surface area contributed by atoms with E-state index in [9.17, 15) is 4.79 Å². The van der Waals surface area contributed by atoms with Gasteiger partial charge in [0.1, 0.15) is 0 Å². The Morgan fingerprint density at radius 1 is 1.20 bits per heavy atom. The van der Waals surface area contributed by atoms with Crippen LogP contribution < -0.4 is 10.6 Å². The van der Waals surface area contributed by atoms with Gasteiger partial charge in [0.2, 0.25) is 5.91 Å². The molecule has 0 aliphatic rings. The molecule has 1 amide bonds. The van der Waals surface area contributed by atoms with Crippen molar-refractivity contribution in [3.05, 3.63) is 29.8 Å². The molecule has 0 aliphatic heterocycles. The topological polar surface area (TPSA) is 41.1 Å². The minimum atomic E-state index is 0.130. The third-order valence-corrected chi connectivity index (χ3v) is 3.66. The lowest BCUT2D eigenvalue weighted by atomic mass is 10.2. The predicted octanol–water partition coefficient (Wildman–Crippen LogP) is 3.19. The molecule has 20 heavy (non-hydrogen) atoms. The average molecular weight is 294 g/mol. The van der Waals surface area contributed by atoms with Crippen molar-refractivity contribution in [3.8, 4) is 0 Å². The molecule has 0 saturated carbocycles. The highest BCUT2D eigenvalue weighted by Gasteiger charge is 2.04. The first-order valence-electron chi connectivity index (χ1n) is 7.22. The number of amides is 1. The fraction of sp³-hybridized carbons (Fsp3) is 0.562. The van der Waals surface area contributed by atoms with Crippen molar-refractivity contribution in [1.82, 2.24) is 10.6 Å². The fourth-order valence-corrected chi connectivity index (χ4v) is 2.66. The first kappa shape index (κ1) is 17.1. The minimum Gasteiger partial charge on any atom is -0.354 e. The van der Waals surface area contributed by atoms with Crippen molar-refractivity contribution in [3.63, 3.8) is 0 Å². The van der Waals surface area contributed by atoms with Crippen molar-refractivity contribution < 1.29 is 4.79 Å². The summed E-state index contributed by atoms with van der Waals surface area (Å²) in [6.45, 7) is 9.14. The summed E-state index contributed by atoms with van der Waals surface area (Å²) < 4.78 is 0. The summed E-state index contributed by atoms with van der Waals surface area (Å²) in [4.78, 5) is 12.8. The molecule has 1 aromatic carbocycles. The van der Waals surface area contributed by atoms with Crippen LogP contribution in [0.25, 0.3) is 0 Å². The number of hydrogen-bond acceptors (Lipinski definition) is 3. The van der Waals surface area contributed by atoms with E-state index in [1.807, 2.05) is 13.8 Å². The summed E-state index contributed by atoms with van der Waals surface area (Å²) >= 11 is 1.74. The van der Waals surface area contributed by atoms with Crippen molar-refractivity contribution in [2.75, 3.05) is 5.75 Å². The Balaban J connectivity index is 2.36. The molecule has 0 radical (unpaired) electrons. The minimum absolute atomic E-state index is 0.130. The van der Waals surface area contributed by atoms with Crippen LogP contribution in [-0.2, 0) is 11.3 Å². The molecule has 0 fully saturated rings. The number of thioether (sulfide) groups is 1. The second kappa shape index (κ2) is 9.03. The summed E-state index contributed by atoms with van der Waals surface area (Å²) in [6.07, 6.45) is 0.567. The molecule has 0 unspecified atom stereocenters. The maximum atomic E-state index is 11.6. The molecule has 0 saturated heterocycles. The number of carbonyl (C=O) groups excluding carboxylic acids is 1. The molecule has 0 aromatic heterocycles. The zero-order valence-corrected chi connectivity index (χ0v) is 13.7. The SMILES string of the molecule is CC(C)NCc1cccc(SCCC(=O)NC(C)C)c1. The Kier molecular flexibility index (Phi) is 7.70. The molecule has 112 valence electrons. The summed E-state index contributed by atoms with van der Waals surface area (Å²) in [5, 5.41) is 6.32. The summed E-state index contributed by atoms with van der Waals surface area (Å²) in [7, 11) is 0. The van der Waals surface area contributed by atoms with E-state index < -0.39 is 0 Å². The molecule has 0 aliphatic carbocycles. The van der Waals surface area contributed by atoms with E-state index in [1.165, 1.54) is 10.5 Å². The van der Waals surface area contributed by atoms with E-state index in [0.717, 1.165) is 12.3 Å². The van der Waals surface area contributed by atoms with Gasteiger partial charge in [-0.1, -0.05) is 26.0 Å². The molecule has 0 atom stereocenters. The number of rotatable bonds is 8. The van der Waals surface area contributed by atoms with Crippen LogP contribution >= 0.6 is 11.8 Å². The van der Waals surface area contributed by atoms with E-state index in [-0.39, 0.29) is 11.9 Å². The first-order chi connectivity index (χ1) is 9.47. The largest absolute Gasteiger partial charge is 0.354 e. The lowest BCUT2D eigenvalue weighted by Gasteiger charge is -2.10. The molecule has 1 rings (SSSR count). The lowest BCUT2D eigenvalue weighted by molar-refractivity contribution is -0.121. The van der Waals surface area contributed by atoms with Crippen LogP contribution in [0, 0.1) is 0 Å². The van der Waals surface area contributed by atoms with Crippen LogP contribution in [0.1, 0.15) is 39.7 Å². The van der Waals surface area contributed by atoms with Gasteiger partial charge in [-0.3, -0.25) is 4.79 Å². The van der Waals surface area contributed by atoms with E-state index in [0.29, 0.717) is 12.5 Å². The van der Waals surface area contributed by atoms with E-state index >= 15 is 0 Å². The number of hydrogen-bond donors (Lipinski definition) is 2. The molecule has 1 aromatic rings. The van der Waals surface area contributed by atoms with Crippen LogP contribution in [0.3, 0.4) is 0 Å². The third kappa shape index (κ3) is 7.56. The second-order valence-corrected chi connectivity index (χ2v) is 6.67. The quantitative estimate of drug-likeness (QED) is 0.724. The lowest BCUT2D eigenvalue weighted by Crippen LogP contribution is -2.30. The van der Waals surface area contributed by atoms with Crippen LogP contribution in [0.2, 0.25) is 0 Å². The zero-order valence-electron chi connectivity index (χ0n) is 12.9. The van der Waals surface area contributed by atoms with Crippen molar-refractivity contribution in [2.45, 2.75) is 57.6 Å². The molecule has 2 N–H and O–H groups in total. The number of benzene rings is 1. The third-order valence-electron chi connectivity index (χ3n) is 2.66. The molecular formula is C16H26N2OS. The van der Waals surface area contributed by atoms with Crippen LogP contribution in [0.5, 0.6) is 0 Å². The second-order valence-electron chi connectivity index (χ2n) is 5.50.